The lowest BCUT2D eigenvalue weighted by atomic mass is 9.97. The Labute approximate surface area is 155 Å². The monoisotopic (exact) mass is 412 g/mol. The van der Waals surface area contributed by atoms with E-state index in [1.165, 1.54) is 12.1 Å². The molecule has 0 aliphatic heterocycles. The highest BCUT2D eigenvalue weighted by molar-refractivity contribution is 6.54. The molecule has 4 nitrogen and oxygen atoms in total. The van der Waals surface area contributed by atoms with Crippen molar-refractivity contribution in [3.63, 3.8) is 0 Å². The van der Waals surface area contributed by atoms with Crippen molar-refractivity contribution in [3.05, 3.63) is 60.0 Å². The fraction of sp³-hybridized carbons (Fsp3) is 0. The summed E-state index contributed by atoms with van der Waals surface area (Å²) >= 11 is 29.4. The molecule has 9 heteroatoms. The number of carboxylic acids is 1. The van der Waals surface area contributed by atoms with Gasteiger partial charge in [0.05, 0.1) is 36.8 Å². The van der Waals surface area contributed by atoms with Gasteiger partial charge in [0.1, 0.15) is 5.75 Å². The smallest absolute Gasteiger partial charge is 0.338 e. The largest absolute Gasteiger partial charge is 0.507 e. The highest BCUT2D eigenvalue weighted by atomic mass is 35.5. The van der Waals surface area contributed by atoms with Crippen molar-refractivity contribution < 1.29 is 19.8 Å². The highest BCUT2D eigenvalue weighted by Gasteiger charge is 2.30. The summed E-state index contributed by atoms with van der Waals surface area (Å²) in [6.07, 6.45) is 0. The second kappa shape index (κ2) is 6.75. The summed E-state index contributed by atoms with van der Waals surface area (Å²) in [7, 11) is 0. The maximum absolute atomic E-state index is 12.7. The lowest BCUT2D eigenvalue weighted by molar-refractivity contribution is 0.0693. The minimum atomic E-state index is -1.53. The minimum absolute atomic E-state index is 0.158. The number of benzene rings is 2. The molecule has 0 saturated carbocycles. The standard InChI is InChI=1S/C14H5Cl5O4/c15-4-1-2-6(20)5(3-4)13(21)7-8(14(22)23)10(17)12(19)11(18)9(7)16/h1-3,20H,(H,22,23). The van der Waals surface area contributed by atoms with Gasteiger partial charge in [-0.3, -0.25) is 4.79 Å². The third-order valence-electron chi connectivity index (χ3n) is 2.91. The third kappa shape index (κ3) is 3.23. The molecule has 0 radical (unpaired) electrons. The number of aromatic hydroxyl groups is 1. The minimum Gasteiger partial charge on any atom is -0.507 e. The summed E-state index contributed by atoms with van der Waals surface area (Å²) in [5.41, 5.74) is -1.36. The van der Waals surface area contributed by atoms with Gasteiger partial charge in [0.25, 0.3) is 0 Å². The first kappa shape index (κ1) is 18.2. The number of carboxylic acid groups (broad SMARTS) is 1. The van der Waals surface area contributed by atoms with Crippen LogP contribution in [0.5, 0.6) is 5.75 Å². The topological polar surface area (TPSA) is 74.6 Å². The van der Waals surface area contributed by atoms with E-state index >= 15 is 0 Å². The summed E-state index contributed by atoms with van der Waals surface area (Å²) in [6.45, 7) is 0. The van der Waals surface area contributed by atoms with Crippen LogP contribution in [0.3, 0.4) is 0 Å². The van der Waals surface area contributed by atoms with E-state index in [0.717, 1.165) is 6.07 Å². The van der Waals surface area contributed by atoms with E-state index in [1.54, 1.807) is 0 Å². The van der Waals surface area contributed by atoms with Crippen LogP contribution in [0.1, 0.15) is 26.3 Å². The molecule has 0 heterocycles. The van der Waals surface area contributed by atoms with E-state index in [0.29, 0.717) is 0 Å². The molecular formula is C14H5Cl5O4. The van der Waals surface area contributed by atoms with Gasteiger partial charge in [-0.1, -0.05) is 58.0 Å². The van der Waals surface area contributed by atoms with Crippen LogP contribution in [0, 0.1) is 0 Å². The Morgan fingerprint density at radius 2 is 1.35 bits per heavy atom. The molecule has 0 amide bonds. The van der Waals surface area contributed by atoms with Crippen molar-refractivity contribution >= 4 is 69.8 Å². The number of aromatic carboxylic acids is 1. The molecule has 0 spiro atoms. The summed E-state index contributed by atoms with van der Waals surface area (Å²) in [5, 5.41) is 17.9. The Bertz CT molecular complexity index is 848. The van der Waals surface area contributed by atoms with E-state index in [4.69, 9.17) is 58.0 Å². The molecule has 0 aliphatic rings. The van der Waals surface area contributed by atoms with E-state index in [1.807, 2.05) is 0 Å². The molecule has 23 heavy (non-hydrogen) atoms. The molecule has 0 saturated heterocycles. The van der Waals surface area contributed by atoms with Crippen LogP contribution in [-0.2, 0) is 0 Å². The van der Waals surface area contributed by atoms with Crippen LogP contribution in [0.4, 0.5) is 0 Å². The van der Waals surface area contributed by atoms with Crippen LogP contribution in [-0.4, -0.2) is 22.0 Å². The first-order chi connectivity index (χ1) is 10.7. The Morgan fingerprint density at radius 3 is 1.87 bits per heavy atom. The number of carbonyl (C=O) groups excluding carboxylic acids is 1. The zero-order chi connectivity index (χ0) is 17.5. The van der Waals surface area contributed by atoms with Gasteiger partial charge in [-0.15, -0.1) is 0 Å². The van der Waals surface area contributed by atoms with Crippen LogP contribution in [0.15, 0.2) is 18.2 Å². The van der Waals surface area contributed by atoms with Gasteiger partial charge < -0.3 is 10.2 Å². The lowest BCUT2D eigenvalue weighted by Gasteiger charge is -2.13. The summed E-state index contributed by atoms with van der Waals surface area (Å²) < 4.78 is 0. The van der Waals surface area contributed by atoms with Crippen molar-refractivity contribution in [2.75, 3.05) is 0 Å². The summed E-state index contributed by atoms with van der Waals surface area (Å²) in [5.74, 6) is -2.85. The molecule has 0 unspecified atom stereocenters. The normalized spacial score (nSPS) is 10.7. The number of phenols is 1. The van der Waals surface area contributed by atoms with Gasteiger partial charge in [0, 0.05) is 5.02 Å². The molecule has 0 atom stereocenters. The molecule has 0 fully saturated rings. The number of hydrogen-bond donors (Lipinski definition) is 2. The van der Waals surface area contributed by atoms with Gasteiger partial charge in [0.15, 0.2) is 5.78 Å². The van der Waals surface area contributed by atoms with Crippen LogP contribution < -0.4 is 0 Å². The Kier molecular flexibility index (Phi) is 5.33. The number of phenolic OH excluding ortho intramolecular Hbond substituents is 1. The highest BCUT2D eigenvalue weighted by Crippen LogP contribution is 2.43. The van der Waals surface area contributed by atoms with Gasteiger partial charge in [-0.2, -0.15) is 0 Å². The van der Waals surface area contributed by atoms with Crippen molar-refractivity contribution in [1.29, 1.82) is 0 Å². The van der Waals surface area contributed by atoms with E-state index in [-0.39, 0.29) is 25.7 Å². The fourth-order valence-corrected chi connectivity index (χ4v) is 3.06. The van der Waals surface area contributed by atoms with Gasteiger partial charge in [-0.05, 0) is 18.2 Å². The molecule has 2 N–H and O–H groups in total. The van der Waals surface area contributed by atoms with Crippen molar-refractivity contribution in [3.8, 4) is 5.75 Å². The second-order valence-corrected chi connectivity index (χ2v) is 6.25. The van der Waals surface area contributed by atoms with Crippen molar-refractivity contribution in [2.24, 2.45) is 0 Å². The molecule has 0 aromatic heterocycles. The Hall–Kier alpha value is -1.17. The van der Waals surface area contributed by atoms with Gasteiger partial charge in [-0.25, -0.2) is 4.79 Å². The van der Waals surface area contributed by atoms with Gasteiger partial charge >= 0.3 is 5.97 Å². The molecule has 2 aromatic carbocycles. The Morgan fingerprint density at radius 1 is 0.826 bits per heavy atom. The van der Waals surface area contributed by atoms with Crippen LogP contribution in [0.2, 0.25) is 25.1 Å². The third-order valence-corrected chi connectivity index (χ3v) is 4.95. The number of ketones is 1. The molecule has 0 aliphatic carbocycles. The van der Waals surface area contributed by atoms with Gasteiger partial charge in [0.2, 0.25) is 0 Å². The number of hydrogen-bond acceptors (Lipinski definition) is 3. The summed E-state index contributed by atoms with van der Waals surface area (Å²) in [6, 6.07) is 3.70. The van der Waals surface area contributed by atoms with Crippen LogP contribution in [0.25, 0.3) is 0 Å². The molecular weight excluding hydrogens is 409 g/mol. The van der Waals surface area contributed by atoms with E-state index < -0.39 is 33.7 Å². The zero-order valence-electron chi connectivity index (χ0n) is 10.8. The number of rotatable bonds is 3. The second-order valence-electron chi connectivity index (χ2n) is 4.30. The number of halogens is 5. The first-order valence-electron chi connectivity index (χ1n) is 5.79. The predicted octanol–water partition coefficient (Wildman–Crippen LogP) is 5.59. The Balaban J connectivity index is 2.84. The van der Waals surface area contributed by atoms with Crippen molar-refractivity contribution in [2.45, 2.75) is 0 Å². The average Bonchev–Trinajstić information content (AvgIpc) is 2.49. The van der Waals surface area contributed by atoms with E-state index in [2.05, 4.69) is 0 Å². The van der Waals surface area contributed by atoms with E-state index in [9.17, 15) is 19.8 Å². The van der Waals surface area contributed by atoms with Crippen LogP contribution >= 0.6 is 58.0 Å². The molecule has 120 valence electrons. The molecule has 0 bridgehead atoms. The first-order valence-corrected chi connectivity index (χ1v) is 7.68. The molecule has 2 aromatic rings. The number of carbonyl (C=O) groups is 2. The predicted molar refractivity (Wildman–Crippen MR) is 90.0 cm³/mol. The average molecular weight is 414 g/mol. The zero-order valence-corrected chi connectivity index (χ0v) is 14.6. The maximum Gasteiger partial charge on any atom is 0.338 e. The maximum atomic E-state index is 12.7. The lowest BCUT2D eigenvalue weighted by Crippen LogP contribution is -2.12. The quantitative estimate of drug-likeness (QED) is 0.390. The van der Waals surface area contributed by atoms with Crippen molar-refractivity contribution in [1.82, 2.24) is 0 Å². The fourth-order valence-electron chi connectivity index (χ4n) is 1.87. The molecule has 2 rings (SSSR count). The summed E-state index contributed by atoms with van der Waals surface area (Å²) in [4.78, 5) is 24.1. The SMILES string of the molecule is O=C(O)c1c(Cl)c(Cl)c(Cl)c(Cl)c1C(=O)c1cc(Cl)ccc1O.